The van der Waals surface area contributed by atoms with Gasteiger partial charge in [0.15, 0.2) is 10.4 Å². The van der Waals surface area contributed by atoms with Gasteiger partial charge in [-0.15, -0.1) is 0 Å². The molecule has 102 valence electrons. The first kappa shape index (κ1) is 13.4. The lowest BCUT2D eigenvalue weighted by molar-refractivity contribution is 0.414. The molecule has 0 bridgehead atoms. The van der Waals surface area contributed by atoms with Crippen molar-refractivity contribution in [2.75, 3.05) is 7.11 Å². The van der Waals surface area contributed by atoms with Crippen LogP contribution >= 0.6 is 35.4 Å². The van der Waals surface area contributed by atoms with Crippen molar-refractivity contribution >= 4 is 46.6 Å². The fraction of sp³-hybridized carbons (Fsp3) is 0.0769. The van der Waals surface area contributed by atoms with E-state index in [-0.39, 0.29) is 0 Å². The molecule has 0 unspecified atom stereocenters. The Hall–Kier alpha value is -1.56. The van der Waals surface area contributed by atoms with Gasteiger partial charge in [-0.3, -0.25) is 4.57 Å². The SMILES string of the molecule is COc1ccc(Cl)c(-n2c(=S)[nH]c3cc(Cl)cnc32)c1. The molecule has 7 heteroatoms. The Morgan fingerprint density at radius 2 is 2.10 bits per heavy atom. The number of hydrogen-bond donors (Lipinski definition) is 1. The first-order valence-corrected chi connectivity index (χ1v) is 6.87. The van der Waals surface area contributed by atoms with Crippen LogP contribution in [0.4, 0.5) is 0 Å². The minimum atomic E-state index is 0.491. The maximum Gasteiger partial charge on any atom is 0.184 e. The molecule has 3 rings (SSSR count). The van der Waals surface area contributed by atoms with Crippen LogP contribution in [0.1, 0.15) is 0 Å². The van der Waals surface area contributed by atoms with Crippen molar-refractivity contribution in [1.29, 1.82) is 0 Å². The van der Waals surface area contributed by atoms with E-state index in [1.165, 1.54) is 0 Å². The van der Waals surface area contributed by atoms with Gasteiger partial charge >= 0.3 is 0 Å². The highest BCUT2D eigenvalue weighted by Crippen LogP contribution is 2.28. The quantitative estimate of drug-likeness (QED) is 0.710. The predicted octanol–water partition coefficient (Wildman–Crippen LogP) is 4.40. The van der Waals surface area contributed by atoms with Crippen molar-refractivity contribution in [2.45, 2.75) is 0 Å². The molecule has 3 aromatic rings. The molecule has 0 amide bonds. The minimum absolute atomic E-state index is 0.491. The Kier molecular flexibility index (Phi) is 3.41. The third-order valence-electron chi connectivity index (χ3n) is 2.88. The molecule has 20 heavy (non-hydrogen) atoms. The van der Waals surface area contributed by atoms with Crippen LogP contribution in [0.15, 0.2) is 30.5 Å². The van der Waals surface area contributed by atoms with E-state index in [2.05, 4.69) is 9.97 Å². The number of H-pyrrole nitrogens is 1. The lowest BCUT2D eigenvalue weighted by Crippen LogP contribution is -1.97. The van der Waals surface area contributed by atoms with Crippen LogP contribution in [0.5, 0.6) is 5.75 Å². The second-order valence-corrected chi connectivity index (χ2v) is 5.34. The number of halogens is 2. The van der Waals surface area contributed by atoms with E-state index in [1.807, 2.05) is 6.07 Å². The number of rotatable bonds is 2. The van der Waals surface area contributed by atoms with E-state index in [0.717, 1.165) is 5.52 Å². The summed E-state index contributed by atoms with van der Waals surface area (Å²) in [6.07, 6.45) is 1.57. The van der Waals surface area contributed by atoms with Crippen molar-refractivity contribution in [2.24, 2.45) is 0 Å². The number of methoxy groups -OCH3 is 1. The Balaban J connectivity index is 2.34. The summed E-state index contributed by atoms with van der Waals surface area (Å²) in [5.41, 5.74) is 2.12. The van der Waals surface area contributed by atoms with Crippen LogP contribution in [0.2, 0.25) is 10.0 Å². The van der Waals surface area contributed by atoms with Crippen LogP contribution in [0.25, 0.3) is 16.9 Å². The third-order valence-corrected chi connectivity index (χ3v) is 3.69. The highest BCUT2D eigenvalue weighted by Gasteiger charge is 2.12. The van der Waals surface area contributed by atoms with Crippen LogP contribution < -0.4 is 4.74 Å². The topological polar surface area (TPSA) is 42.8 Å². The zero-order chi connectivity index (χ0) is 14.3. The van der Waals surface area contributed by atoms with Crippen LogP contribution in [-0.2, 0) is 0 Å². The molecule has 2 aromatic heterocycles. The molecule has 0 aliphatic rings. The molecule has 0 radical (unpaired) electrons. The number of aromatic amines is 1. The summed E-state index contributed by atoms with van der Waals surface area (Å²) >= 11 is 17.5. The number of hydrogen-bond acceptors (Lipinski definition) is 3. The largest absolute Gasteiger partial charge is 0.497 e. The van der Waals surface area contributed by atoms with Gasteiger partial charge < -0.3 is 9.72 Å². The molecule has 0 fully saturated rings. The van der Waals surface area contributed by atoms with E-state index in [9.17, 15) is 0 Å². The number of pyridine rings is 1. The Morgan fingerprint density at radius 1 is 1.30 bits per heavy atom. The minimum Gasteiger partial charge on any atom is -0.497 e. The summed E-state index contributed by atoms with van der Waals surface area (Å²) in [6, 6.07) is 7.12. The van der Waals surface area contributed by atoms with Crippen molar-refractivity contribution in [3.8, 4) is 11.4 Å². The Morgan fingerprint density at radius 3 is 2.85 bits per heavy atom. The van der Waals surface area contributed by atoms with E-state index >= 15 is 0 Å². The number of aromatic nitrogens is 3. The highest BCUT2D eigenvalue weighted by atomic mass is 35.5. The summed E-state index contributed by atoms with van der Waals surface area (Å²) in [6.45, 7) is 0. The number of imidazole rings is 1. The van der Waals surface area contributed by atoms with Gasteiger partial charge in [-0.05, 0) is 30.4 Å². The second-order valence-electron chi connectivity index (χ2n) is 4.11. The molecule has 1 N–H and O–H groups in total. The number of nitrogens with one attached hydrogen (secondary N) is 1. The average molecular weight is 326 g/mol. The van der Waals surface area contributed by atoms with Crippen molar-refractivity contribution < 1.29 is 4.74 Å². The predicted molar refractivity (Wildman–Crippen MR) is 82.8 cm³/mol. The van der Waals surface area contributed by atoms with E-state index in [4.69, 9.17) is 40.2 Å². The zero-order valence-corrected chi connectivity index (χ0v) is 12.7. The Labute approximate surface area is 129 Å². The van der Waals surface area contributed by atoms with Gasteiger partial charge in [0, 0.05) is 12.3 Å². The van der Waals surface area contributed by atoms with Gasteiger partial charge in [0.1, 0.15) is 5.75 Å². The number of fused-ring (bicyclic) bond motifs is 1. The van der Waals surface area contributed by atoms with E-state index < -0.39 is 0 Å². The molecule has 0 aliphatic carbocycles. The van der Waals surface area contributed by atoms with E-state index in [1.54, 1.807) is 36.1 Å². The van der Waals surface area contributed by atoms with Gasteiger partial charge in [0.2, 0.25) is 0 Å². The summed E-state index contributed by atoms with van der Waals surface area (Å²) in [7, 11) is 1.60. The first-order chi connectivity index (χ1) is 9.60. The van der Waals surface area contributed by atoms with Gasteiger partial charge in [0.25, 0.3) is 0 Å². The fourth-order valence-corrected chi connectivity index (χ4v) is 2.64. The molecular formula is C13H9Cl2N3OS. The van der Waals surface area contributed by atoms with Crippen LogP contribution in [0, 0.1) is 4.77 Å². The van der Waals surface area contributed by atoms with Crippen molar-refractivity contribution in [1.82, 2.24) is 14.5 Å². The summed E-state index contributed by atoms with van der Waals surface area (Å²) in [5, 5.41) is 1.09. The van der Waals surface area contributed by atoms with Gasteiger partial charge in [-0.1, -0.05) is 23.2 Å². The normalized spacial score (nSPS) is 10.9. The summed E-state index contributed by atoms with van der Waals surface area (Å²) in [5.74, 6) is 0.689. The Bertz CT molecular complexity index is 856. The first-order valence-electron chi connectivity index (χ1n) is 5.70. The molecular weight excluding hydrogens is 317 g/mol. The lowest BCUT2D eigenvalue weighted by atomic mass is 10.3. The monoisotopic (exact) mass is 325 g/mol. The van der Waals surface area contributed by atoms with Gasteiger partial charge in [0.05, 0.1) is 28.4 Å². The maximum absolute atomic E-state index is 6.26. The third kappa shape index (κ3) is 2.18. The summed E-state index contributed by atoms with van der Waals surface area (Å²) in [4.78, 5) is 7.37. The number of nitrogens with zero attached hydrogens (tertiary/aromatic N) is 2. The van der Waals surface area contributed by atoms with Gasteiger partial charge in [-0.25, -0.2) is 4.98 Å². The number of ether oxygens (including phenoxy) is 1. The highest BCUT2D eigenvalue weighted by molar-refractivity contribution is 7.71. The molecule has 1 aromatic carbocycles. The molecule has 0 atom stereocenters. The van der Waals surface area contributed by atoms with Crippen LogP contribution in [0.3, 0.4) is 0 Å². The van der Waals surface area contributed by atoms with E-state index in [0.29, 0.717) is 31.9 Å². The molecule has 4 nitrogen and oxygen atoms in total. The fourth-order valence-electron chi connectivity index (χ4n) is 1.98. The molecule has 0 aliphatic heterocycles. The standard InChI is InChI=1S/C13H9Cl2N3OS/c1-19-8-2-3-9(15)11(5-8)18-12-10(17-13(18)20)4-7(14)6-16-12/h2-6H,1H3,(H,17,20). The molecule has 0 saturated carbocycles. The molecule has 2 heterocycles. The van der Waals surface area contributed by atoms with Crippen LogP contribution in [-0.4, -0.2) is 21.6 Å². The van der Waals surface area contributed by atoms with Crippen molar-refractivity contribution in [3.05, 3.63) is 45.3 Å². The molecule has 0 spiro atoms. The zero-order valence-electron chi connectivity index (χ0n) is 10.4. The maximum atomic E-state index is 6.26. The lowest BCUT2D eigenvalue weighted by Gasteiger charge is -2.08. The van der Waals surface area contributed by atoms with Crippen molar-refractivity contribution in [3.63, 3.8) is 0 Å². The number of benzene rings is 1. The smallest absolute Gasteiger partial charge is 0.184 e. The molecule has 0 saturated heterocycles. The summed E-state index contributed by atoms with van der Waals surface area (Å²) < 4.78 is 7.47. The second kappa shape index (κ2) is 5.09. The van der Waals surface area contributed by atoms with Gasteiger partial charge in [-0.2, -0.15) is 0 Å². The average Bonchev–Trinajstić information content (AvgIpc) is 2.74.